The standard InChI is InChI=1S/C13H26N2O/c1-11(2)15-8-7-14(12-4-3-5-12)10-13(15)6-9-16/h11-13,16H,3-10H2,1-2H3. The molecule has 0 radical (unpaired) electrons. The Bertz CT molecular complexity index is 216. The number of nitrogens with zero attached hydrogens (tertiary/aromatic N) is 2. The van der Waals surface area contributed by atoms with Crippen molar-refractivity contribution in [2.45, 2.75) is 57.7 Å². The Kier molecular flexibility index (Phi) is 4.22. The van der Waals surface area contributed by atoms with E-state index in [1.54, 1.807) is 0 Å². The van der Waals surface area contributed by atoms with Gasteiger partial charge in [-0.1, -0.05) is 6.42 Å². The van der Waals surface area contributed by atoms with Crippen LogP contribution in [0.25, 0.3) is 0 Å². The maximum Gasteiger partial charge on any atom is 0.0446 e. The van der Waals surface area contributed by atoms with E-state index in [4.69, 9.17) is 5.11 Å². The van der Waals surface area contributed by atoms with Crippen LogP contribution in [0.15, 0.2) is 0 Å². The number of rotatable bonds is 4. The lowest BCUT2D eigenvalue weighted by atomic mass is 9.90. The smallest absolute Gasteiger partial charge is 0.0446 e. The van der Waals surface area contributed by atoms with Crippen molar-refractivity contribution < 1.29 is 5.11 Å². The highest BCUT2D eigenvalue weighted by Gasteiger charge is 2.33. The third-order valence-electron chi connectivity index (χ3n) is 4.28. The second-order valence-electron chi connectivity index (χ2n) is 5.58. The predicted octanol–water partition coefficient (Wildman–Crippen LogP) is 1.32. The molecule has 2 aliphatic rings. The quantitative estimate of drug-likeness (QED) is 0.783. The lowest BCUT2D eigenvalue weighted by Gasteiger charge is -2.48. The molecule has 16 heavy (non-hydrogen) atoms. The Balaban J connectivity index is 1.90. The molecule has 0 aromatic heterocycles. The van der Waals surface area contributed by atoms with Gasteiger partial charge in [0.05, 0.1) is 0 Å². The summed E-state index contributed by atoms with van der Waals surface area (Å²) in [5.41, 5.74) is 0. The zero-order valence-electron chi connectivity index (χ0n) is 10.7. The van der Waals surface area contributed by atoms with Crippen LogP contribution in [0.3, 0.4) is 0 Å². The van der Waals surface area contributed by atoms with Crippen LogP contribution in [0.2, 0.25) is 0 Å². The molecule has 1 saturated carbocycles. The van der Waals surface area contributed by atoms with Crippen LogP contribution in [0.5, 0.6) is 0 Å². The Hall–Kier alpha value is -0.120. The lowest BCUT2D eigenvalue weighted by molar-refractivity contribution is 0.000849. The largest absolute Gasteiger partial charge is 0.396 e. The van der Waals surface area contributed by atoms with Gasteiger partial charge in [0.2, 0.25) is 0 Å². The summed E-state index contributed by atoms with van der Waals surface area (Å²) in [4.78, 5) is 5.22. The summed E-state index contributed by atoms with van der Waals surface area (Å²) in [5.74, 6) is 0. The molecule has 2 rings (SSSR count). The number of hydrogen-bond donors (Lipinski definition) is 1. The fourth-order valence-electron chi connectivity index (χ4n) is 3.06. The molecule has 1 heterocycles. The van der Waals surface area contributed by atoms with Crippen LogP contribution in [-0.4, -0.2) is 59.3 Å². The fourth-order valence-corrected chi connectivity index (χ4v) is 3.06. The van der Waals surface area contributed by atoms with Gasteiger partial charge in [-0.15, -0.1) is 0 Å². The van der Waals surface area contributed by atoms with Gasteiger partial charge < -0.3 is 5.11 Å². The molecule has 0 aromatic carbocycles. The molecule has 1 aliphatic heterocycles. The fraction of sp³-hybridized carbons (Fsp3) is 1.00. The minimum atomic E-state index is 0.326. The summed E-state index contributed by atoms with van der Waals surface area (Å²) in [6.07, 6.45) is 5.14. The zero-order chi connectivity index (χ0) is 11.5. The molecule has 0 aromatic rings. The molecule has 0 spiro atoms. The summed E-state index contributed by atoms with van der Waals surface area (Å²) in [6, 6.07) is 2.04. The van der Waals surface area contributed by atoms with Gasteiger partial charge in [0.25, 0.3) is 0 Å². The van der Waals surface area contributed by atoms with Gasteiger partial charge in [0, 0.05) is 44.4 Å². The van der Waals surface area contributed by atoms with Gasteiger partial charge in [-0.3, -0.25) is 9.80 Å². The minimum Gasteiger partial charge on any atom is -0.396 e. The Morgan fingerprint density at radius 3 is 2.50 bits per heavy atom. The van der Waals surface area contributed by atoms with E-state index in [-0.39, 0.29) is 0 Å². The van der Waals surface area contributed by atoms with Gasteiger partial charge in [0.15, 0.2) is 0 Å². The third-order valence-corrected chi connectivity index (χ3v) is 4.28. The third kappa shape index (κ3) is 2.58. The van der Waals surface area contributed by atoms with Crippen molar-refractivity contribution in [3.05, 3.63) is 0 Å². The zero-order valence-corrected chi connectivity index (χ0v) is 10.7. The highest BCUT2D eigenvalue weighted by atomic mass is 16.3. The van der Waals surface area contributed by atoms with Crippen LogP contribution in [0, 0.1) is 0 Å². The molecule has 0 bridgehead atoms. The molecule has 2 fully saturated rings. The van der Waals surface area contributed by atoms with E-state index in [1.807, 2.05) is 0 Å². The molecule has 3 nitrogen and oxygen atoms in total. The maximum absolute atomic E-state index is 9.17. The van der Waals surface area contributed by atoms with Crippen molar-refractivity contribution in [1.29, 1.82) is 0 Å². The molecule has 1 aliphatic carbocycles. The Morgan fingerprint density at radius 2 is 2.00 bits per heavy atom. The van der Waals surface area contributed by atoms with E-state index in [9.17, 15) is 0 Å². The maximum atomic E-state index is 9.17. The average Bonchev–Trinajstić information content (AvgIpc) is 2.15. The number of hydrogen-bond acceptors (Lipinski definition) is 3. The van der Waals surface area contributed by atoms with Gasteiger partial charge >= 0.3 is 0 Å². The molecule has 94 valence electrons. The van der Waals surface area contributed by atoms with Crippen molar-refractivity contribution in [3.63, 3.8) is 0 Å². The first kappa shape index (κ1) is 12.3. The molecule has 0 amide bonds. The summed E-state index contributed by atoms with van der Waals surface area (Å²) < 4.78 is 0. The normalized spacial score (nSPS) is 29.6. The minimum absolute atomic E-state index is 0.326. The number of piperazine rings is 1. The average molecular weight is 226 g/mol. The molecule has 1 N–H and O–H groups in total. The van der Waals surface area contributed by atoms with Crippen LogP contribution in [0.1, 0.15) is 39.5 Å². The molecular weight excluding hydrogens is 200 g/mol. The van der Waals surface area contributed by atoms with Gasteiger partial charge in [-0.25, -0.2) is 0 Å². The van der Waals surface area contributed by atoms with E-state index in [0.717, 1.165) is 12.5 Å². The van der Waals surface area contributed by atoms with Gasteiger partial charge in [0.1, 0.15) is 0 Å². The van der Waals surface area contributed by atoms with E-state index >= 15 is 0 Å². The lowest BCUT2D eigenvalue weighted by Crippen LogP contribution is -2.58. The van der Waals surface area contributed by atoms with E-state index in [0.29, 0.717) is 18.7 Å². The second kappa shape index (κ2) is 5.48. The van der Waals surface area contributed by atoms with Crippen molar-refractivity contribution in [2.75, 3.05) is 26.2 Å². The van der Waals surface area contributed by atoms with Crippen molar-refractivity contribution >= 4 is 0 Å². The summed E-state index contributed by atoms with van der Waals surface area (Å²) >= 11 is 0. The Morgan fingerprint density at radius 1 is 1.25 bits per heavy atom. The monoisotopic (exact) mass is 226 g/mol. The highest BCUT2D eigenvalue weighted by Crippen LogP contribution is 2.28. The van der Waals surface area contributed by atoms with Crippen LogP contribution >= 0.6 is 0 Å². The van der Waals surface area contributed by atoms with Gasteiger partial charge in [-0.2, -0.15) is 0 Å². The van der Waals surface area contributed by atoms with E-state index in [2.05, 4.69) is 23.6 Å². The first-order chi connectivity index (χ1) is 7.72. The number of aliphatic hydroxyl groups excluding tert-OH is 1. The summed E-state index contributed by atoms with van der Waals surface area (Å²) in [6.45, 7) is 8.44. The van der Waals surface area contributed by atoms with Crippen molar-refractivity contribution in [1.82, 2.24) is 9.80 Å². The molecule has 1 unspecified atom stereocenters. The van der Waals surface area contributed by atoms with Crippen LogP contribution < -0.4 is 0 Å². The first-order valence-electron chi connectivity index (χ1n) is 6.83. The molecule has 3 heteroatoms. The van der Waals surface area contributed by atoms with E-state index < -0.39 is 0 Å². The number of aliphatic hydroxyl groups is 1. The molecule has 1 saturated heterocycles. The summed E-state index contributed by atoms with van der Waals surface area (Å²) in [7, 11) is 0. The molecular formula is C13H26N2O. The van der Waals surface area contributed by atoms with Crippen LogP contribution in [-0.2, 0) is 0 Å². The highest BCUT2D eigenvalue weighted by molar-refractivity contribution is 4.89. The van der Waals surface area contributed by atoms with Crippen molar-refractivity contribution in [2.24, 2.45) is 0 Å². The Labute approximate surface area is 99.4 Å². The topological polar surface area (TPSA) is 26.7 Å². The van der Waals surface area contributed by atoms with Crippen LogP contribution in [0.4, 0.5) is 0 Å². The van der Waals surface area contributed by atoms with Crippen molar-refractivity contribution in [3.8, 4) is 0 Å². The summed E-state index contributed by atoms with van der Waals surface area (Å²) in [5, 5.41) is 9.17. The first-order valence-corrected chi connectivity index (χ1v) is 6.83. The van der Waals surface area contributed by atoms with E-state index in [1.165, 1.54) is 38.9 Å². The van der Waals surface area contributed by atoms with Gasteiger partial charge in [-0.05, 0) is 33.1 Å². The SMILES string of the molecule is CC(C)N1CCN(C2CCC2)CC1CCO. The second-order valence-corrected chi connectivity index (χ2v) is 5.58. The predicted molar refractivity (Wildman–Crippen MR) is 66.5 cm³/mol. The molecule has 1 atom stereocenters.